The van der Waals surface area contributed by atoms with Crippen LogP contribution in [-0.4, -0.2) is 37.4 Å². The van der Waals surface area contributed by atoms with Gasteiger partial charge in [-0.05, 0) is 18.9 Å². The topological polar surface area (TPSA) is 72.5 Å². The van der Waals surface area contributed by atoms with Gasteiger partial charge in [-0.15, -0.1) is 0 Å². The fourth-order valence-electron chi connectivity index (χ4n) is 1.31. The van der Waals surface area contributed by atoms with Crippen LogP contribution in [0.5, 0.6) is 5.88 Å². The molecule has 1 atom stereocenters. The molecule has 1 aromatic heterocycles. The molecule has 1 heterocycles. The first-order valence-corrected chi connectivity index (χ1v) is 6.68. The third-order valence-corrected chi connectivity index (χ3v) is 2.89. The minimum absolute atomic E-state index is 0.111. The van der Waals surface area contributed by atoms with Gasteiger partial charge in [0.25, 0.3) is 0 Å². The normalized spacial score (nSPS) is 12.1. The first-order valence-electron chi connectivity index (χ1n) is 6.68. The Hall–Kier alpha value is -1.82. The number of carbonyl (C=O) groups excluding carboxylic acids is 1. The smallest absolute Gasteiger partial charge is 0.319 e. The van der Waals surface area contributed by atoms with Crippen LogP contribution in [0.3, 0.4) is 0 Å². The van der Waals surface area contributed by atoms with Crippen LogP contribution in [0.25, 0.3) is 0 Å². The van der Waals surface area contributed by atoms with Gasteiger partial charge in [0, 0.05) is 19.2 Å². The lowest BCUT2D eigenvalue weighted by molar-refractivity contribution is 0.144. The van der Waals surface area contributed by atoms with Crippen molar-refractivity contribution in [2.75, 3.05) is 25.6 Å². The molecule has 0 bridgehead atoms. The number of methoxy groups -OCH3 is 1. The Balaban J connectivity index is 2.42. The maximum absolute atomic E-state index is 11.7. The Morgan fingerprint density at radius 2 is 2.05 bits per heavy atom. The summed E-state index contributed by atoms with van der Waals surface area (Å²) in [6.07, 6.45) is 1.56. The predicted molar refractivity (Wildman–Crippen MR) is 78.1 cm³/mol. The summed E-state index contributed by atoms with van der Waals surface area (Å²) in [5.41, 5.74) is 0.623. The lowest BCUT2D eigenvalue weighted by Crippen LogP contribution is -2.39. The van der Waals surface area contributed by atoms with Gasteiger partial charge in [-0.3, -0.25) is 0 Å². The molecule has 0 saturated carbocycles. The van der Waals surface area contributed by atoms with Crippen molar-refractivity contribution < 1.29 is 14.3 Å². The monoisotopic (exact) mass is 281 g/mol. The highest BCUT2D eigenvalue weighted by Crippen LogP contribution is 2.11. The molecule has 0 spiro atoms. The van der Waals surface area contributed by atoms with E-state index in [1.165, 1.54) is 0 Å². The molecule has 0 fully saturated rings. The van der Waals surface area contributed by atoms with E-state index < -0.39 is 0 Å². The highest BCUT2D eigenvalue weighted by molar-refractivity contribution is 5.89. The number of pyridine rings is 1. The summed E-state index contributed by atoms with van der Waals surface area (Å²) < 4.78 is 10.2. The Kier molecular flexibility index (Phi) is 6.79. The van der Waals surface area contributed by atoms with E-state index in [2.05, 4.69) is 29.5 Å². The SMILES string of the molecule is COCCOc1ccc(NC(=O)N[C@@H](C)C(C)C)cn1. The number of aromatic nitrogens is 1. The number of hydrogen-bond donors (Lipinski definition) is 2. The number of carbonyl (C=O) groups is 1. The van der Waals surface area contributed by atoms with Crippen molar-refractivity contribution >= 4 is 11.7 Å². The van der Waals surface area contributed by atoms with Crippen LogP contribution in [0.15, 0.2) is 18.3 Å². The van der Waals surface area contributed by atoms with Gasteiger partial charge in [-0.2, -0.15) is 0 Å². The number of nitrogens with zero attached hydrogens (tertiary/aromatic N) is 1. The predicted octanol–water partition coefficient (Wildman–Crippen LogP) is 2.27. The fraction of sp³-hybridized carbons (Fsp3) is 0.571. The van der Waals surface area contributed by atoms with E-state index in [0.29, 0.717) is 30.7 Å². The second-order valence-electron chi connectivity index (χ2n) is 4.86. The zero-order valence-corrected chi connectivity index (χ0v) is 12.5. The van der Waals surface area contributed by atoms with Crippen molar-refractivity contribution in [3.05, 3.63) is 18.3 Å². The molecule has 6 heteroatoms. The van der Waals surface area contributed by atoms with Gasteiger partial charge in [-0.25, -0.2) is 9.78 Å². The molecule has 2 N–H and O–H groups in total. The fourth-order valence-corrected chi connectivity index (χ4v) is 1.31. The van der Waals surface area contributed by atoms with Crippen molar-refractivity contribution in [2.45, 2.75) is 26.8 Å². The average molecular weight is 281 g/mol. The van der Waals surface area contributed by atoms with E-state index >= 15 is 0 Å². The highest BCUT2D eigenvalue weighted by atomic mass is 16.5. The van der Waals surface area contributed by atoms with E-state index in [9.17, 15) is 4.79 Å². The summed E-state index contributed by atoms with van der Waals surface area (Å²) in [7, 11) is 1.61. The molecule has 20 heavy (non-hydrogen) atoms. The van der Waals surface area contributed by atoms with Crippen molar-refractivity contribution in [1.29, 1.82) is 0 Å². The van der Waals surface area contributed by atoms with Crippen LogP contribution >= 0.6 is 0 Å². The Morgan fingerprint density at radius 1 is 1.30 bits per heavy atom. The second-order valence-corrected chi connectivity index (χ2v) is 4.86. The third kappa shape index (κ3) is 5.88. The number of amides is 2. The van der Waals surface area contributed by atoms with E-state index in [0.717, 1.165) is 0 Å². The summed E-state index contributed by atoms with van der Waals surface area (Å²) in [5, 5.41) is 5.59. The maximum Gasteiger partial charge on any atom is 0.319 e. The molecule has 1 aromatic rings. The Morgan fingerprint density at radius 3 is 2.60 bits per heavy atom. The number of nitrogens with one attached hydrogen (secondary N) is 2. The summed E-state index contributed by atoms with van der Waals surface area (Å²) in [6, 6.07) is 3.33. The van der Waals surface area contributed by atoms with Crippen LogP contribution in [0.4, 0.5) is 10.5 Å². The molecule has 0 unspecified atom stereocenters. The first-order chi connectivity index (χ1) is 9.52. The van der Waals surface area contributed by atoms with Gasteiger partial charge >= 0.3 is 6.03 Å². The zero-order valence-electron chi connectivity index (χ0n) is 12.5. The molecule has 0 saturated heterocycles. The summed E-state index contributed by atoms with van der Waals surface area (Å²) >= 11 is 0. The molecule has 0 aliphatic heterocycles. The van der Waals surface area contributed by atoms with Gasteiger partial charge in [0.2, 0.25) is 5.88 Å². The van der Waals surface area contributed by atoms with Crippen LogP contribution in [-0.2, 0) is 4.74 Å². The molecule has 0 aliphatic carbocycles. The van der Waals surface area contributed by atoms with Gasteiger partial charge in [0.1, 0.15) is 6.61 Å². The lowest BCUT2D eigenvalue weighted by Gasteiger charge is -2.17. The number of urea groups is 1. The molecule has 2 amide bonds. The molecule has 0 radical (unpaired) electrons. The second kappa shape index (κ2) is 8.37. The Labute approximate surface area is 119 Å². The zero-order chi connectivity index (χ0) is 15.0. The Bertz CT molecular complexity index is 407. The van der Waals surface area contributed by atoms with E-state index in [4.69, 9.17) is 9.47 Å². The maximum atomic E-state index is 11.7. The van der Waals surface area contributed by atoms with Gasteiger partial charge < -0.3 is 20.1 Å². The molecular weight excluding hydrogens is 258 g/mol. The molecule has 112 valence electrons. The molecule has 0 aliphatic rings. The number of anilines is 1. The third-order valence-electron chi connectivity index (χ3n) is 2.89. The van der Waals surface area contributed by atoms with Crippen LogP contribution < -0.4 is 15.4 Å². The number of ether oxygens (including phenoxy) is 2. The summed E-state index contributed by atoms with van der Waals surface area (Å²) in [5.74, 6) is 0.888. The highest BCUT2D eigenvalue weighted by Gasteiger charge is 2.10. The van der Waals surface area contributed by atoms with Gasteiger partial charge in [-0.1, -0.05) is 13.8 Å². The molecule has 1 rings (SSSR count). The minimum atomic E-state index is -0.235. The van der Waals surface area contributed by atoms with E-state index in [1.54, 1.807) is 25.4 Å². The molecule has 6 nitrogen and oxygen atoms in total. The van der Waals surface area contributed by atoms with Crippen molar-refractivity contribution in [1.82, 2.24) is 10.3 Å². The van der Waals surface area contributed by atoms with Crippen molar-refractivity contribution in [2.24, 2.45) is 5.92 Å². The minimum Gasteiger partial charge on any atom is -0.475 e. The van der Waals surface area contributed by atoms with Crippen LogP contribution in [0.2, 0.25) is 0 Å². The summed E-state index contributed by atoms with van der Waals surface area (Å²) in [6.45, 7) is 7.03. The van der Waals surface area contributed by atoms with Crippen molar-refractivity contribution in [3.8, 4) is 5.88 Å². The van der Waals surface area contributed by atoms with Crippen molar-refractivity contribution in [3.63, 3.8) is 0 Å². The average Bonchev–Trinajstić information content (AvgIpc) is 2.40. The number of rotatable bonds is 7. The molecule has 0 aromatic carbocycles. The van der Waals surface area contributed by atoms with E-state index in [1.807, 2.05) is 6.92 Å². The quantitative estimate of drug-likeness (QED) is 0.752. The van der Waals surface area contributed by atoms with Crippen LogP contribution in [0.1, 0.15) is 20.8 Å². The first kappa shape index (κ1) is 16.2. The van der Waals surface area contributed by atoms with Gasteiger partial charge in [0.15, 0.2) is 0 Å². The largest absolute Gasteiger partial charge is 0.475 e. The lowest BCUT2D eigenvalue weighted by atomic mass is 10.1. The number of hydrogen-bond acceptors (Lipinski definition) is 4. The van der Waals surface area contributed by atoms with Gasteiger partial charge in [0.05, 0.1) is 18.5 Å². The standard InChI is InChI=1S/C14H23N3O3/c1-10(2)11(3)16-14(18)17-12-5-6-13(15-9-12)20-8-7-19-4/h5-6,9-11H,7-8H2,1-4H3,(H2,16,17,18)/t11-/m0/s1. The van der Waals surface area contributed by atoms with E-state index in [-0.39, 0.29) is 12.1 Å². The molecular formula is C14H23N3O3. The summed E-state index contributed by atoms with van der Waals surface area (Å²) in [4.78, 5) is 15.8. The van der Waals surface area contributed by atoms with Crippen LogP contribution in [0, 0.1) is 5.92 Å².